The number of piperidine rings is 1. The van der Waals surface area contributed by atoms with Crippen LogP contribution in [0.25, 0.3) is 0 Å². The molecule has 0 aliphatic carbocycles. The topological polar surface area (TPSA) is 51.7 Å². The first-order valence-corrected chi connectivity index (χ1v) is 7.84. The zero-order valence-corrected chi connectivity index (χ0v) is 14.0. The molecule has 0 spiro atoms. The zero-order chi connectivity index (χ0) is 16.2. The van der Waals surface area contributed by atoms with E-state index in [1.807, 2.05) is 37.8 Å². The van der Waals surface area contributed by atoms with Crippen molar-refractivity contribution < 1.29 is 14.3 Å². The predicted molar refractivity (Wildman–Crippen MR) is 85.0 cm³/mol. The smallest absolute Gasteiger partial charge is 0.410 e. The Hall–Kier alpha value is -1.78. The van der Waals surface area contributed by atoms with E-state index in [0.29, 0.717) is 11.8 Å². The Morgan fingerprint density at radius 3 is 2.91 bits per heavy atom. The highest BCUT2D eigenvalue weighted by Gasteiger charge is 2.27. The first-order valence-electron chi connectivity index (χ1n) is 7.84. The van der Waals surface area contributed by atoms with Gasteiger partial charge in [0.05, 0.1) is 7.11 Å². The van der Waals surface area contributed by atoms with Gasteiger partial charge in [0.2, 0.25) is 5.88 Å². The Morgan fingerprint density at radius 1 is 1.45 bits per heavy atom. The summed E-state index contributed by atoms with van der Waals surface area (Å²) in [5.74, 6) is 1.09. The summed E-state index contributed by atoms with van der Waals surface area (Å²) in [4.78, 5) is 18.1. The summed E-state index contributed by atoms with van der Waals surface area (Å²) in [6.07, 6.45) is 4.64. The fourth-order valence-electron chi connectivity index (χ4n) is 2.75. The Kier molecular flexibility index (Phi) is 5.27. The number of nitrogens with zero attached hydrogens (tertiary/aromatic N) is 2. The molecule has 0 aromatic carbocycles. The number of likely N-dealkylation sites (tertiary alicyclic amines) is 1. The molecule has 1 fully saturated rings. The summed E-state index contributed by atoms with van der Waals surface area (Å²) >= 11 is 0. The standard InChI is InChI=1S/C17H26N2O3/c1-17(2,3)22-16(20)19-9-5-6-14(12-19)10-13-7-8-18-15(11-13)21-4/h7-8,11,14H,5-6,9-10,12H2,1-4H3/t14-/m1/s1. The van der Waals surface area contributed by atoms with E-state index in [-0.39, 0.29) is 6.09 Å². The first kappa shape index (κ1) is 16.6. The minimum atomic E-state index is -0.442. The van der Waals surface area contributed by atoms with Gasteiger partial charge in [0.1, 0.15) is 5.60 Å². The van der Waals surface area contributed by atoms with Gasteiger partial charge in [0, 0.05) is 25.4 Å². The van der Waals surface area contributed by atoms with Gasteiger partial charge >= 0.3 is 6.09 Å². The van der Waals surface area contributed by atoms with E-state index in [9.17, 15) is 4.79 Å². The minimum Gasteiger partial charge on any atom is -0.481 e. The molecule has 1 aliphatic heterocycles. The third kappa shape index (κ3) is 4.90. The average Bonchev–Trinajstić information content (AvgIpc) is 2.46. The van der Waals surface area contributed by atoms with Gasteiger partial charge in [-0.3, -0.25) is 0 Å². The highest BCUT2D eigenvalue weighted by molar-refractivity contribution is 5.68. The van der Waals surface area contributed by atoms with Gasteiger partial charge in [-0.15, -0.1) is 0 Å². The molecule has 1 atom stereocenters. The van der Waals surface area contributed by atoms with Crippen molar-refractivity contribution in [3.63, 3.8) is 0 Å². The van der Waals surface area contributed by atoms with Gasteiger partial charge in [-0.2, -0.15) is 0 Å². The predicted octanol–water partition coefficient (Wildman–Crippen LogP) is 3.28. The summed E-state index contributed by atoms with van der Waals surface area (Å²) in [6.45, 7) is 7.23. The van der Waals surface area contributed by atoms with Crippen LogP contribution in [0.1, 0.15) is 39.2 Å². The lowest BCUT2D eigenvalue weighted by molar-refractivity contribution is 0.0166. The molecule has 0 unspecified atom stereocenters. The molecule has 1 aromatic rings. The Labute approximate surface area is 132 Å². The van der Waals surface area contributed by atoms with Crippen molar-refractivity contribution in [2.75, 3.05) is 20.2 Å². The van der Waals surface area contributed by atoms with Crippen molar-refractivity contribution in [1.29, 1.82) is 0 Å². The van der Waals surface area contributed by atoms with Gasteiger partial charge in [0.15, 0.2) is 0 Å². The van der Waals surface area contributed by atoms with Crippen LogP contribution in [-0.2, 0) is 11.2 Å². The van der Waals surface area contributed by atoms with Gasteiger partial charge in [-0.25, -0.2) is 9.78 Å². The lowest BCUT2D eigenvalue weighted by atomic mass is 9.92. The number of hydrogen-bond donors (Lipinski definition) is 0. The summed E-state index contributed by atoms with van der Waals surface area (Å²) in [5, 5.41) is 0. The molecule has 5 nitrogen and oxygen atoms in total. The maximum Gasteiger partial charge on any atom is 0.410 e. The molecular formula is C17H26N2O3. The Balaban J connectivity index is 1.94. The average molecular weight is 306 g/mol. The number of ether oxygens (including phenoxy) is 2. The Morgan fingerprint density at radius 2 is 2.23 bits per heavy atom. The van der Waals surface area contributed by atoms with Crippen LogP contribution in [0.2, 0.25) is 0 Å². The van der Waals surface area contributed by atoms with Crippen LogP contribution in [0.15, 0.2) is 18.3 Å². The fraction of sp³-hybridized carbons (Fsp3) is 0.647. The van der Waals surface area contributed by atoms with Gasteiger partial charge in [0.25, 0.3) is 0 Å². The summed E-state index contributed by atoms with van der Waals surface area (Å²) < 4.78 is 10.6. The number of carbonyl (C=O) groups excluding carboxylic acids is 1. The van der Waals surface area contributed by atoms with Crippen LogP contribution in [-0.4, -0.2) is 41.8 Å². The van der Waals surface area contributed by atoms with Crippen LogP contribution in [0.3, 0.4) is 0 Å². The molecule has 1 amide bonds. The number of hydrogen-bond acceptors (Lipinski definition) is 4. The van der Waals surface area contributed by atoms with Crippen molar-refractivity contribution in [2.45, 2.75) is 45.6 Å². The van der Waals surface area contributed by atoms with E-state index in [0.717, 1.165) is 32.4 Å². The van der Waals surface area contributed by atoms with Gasteiger partial charge in [-0.05, 0) is 57.6 Å². The van der Waals surface area contributed by atoms with Gasteiger partial charge in [-0.1, -0.05) is 0 Å². The SMILES string of the molecule is COc1cc(C[C@H]2CCCN(C(=O)OC(C)(C)C)C2)ccn1. The molecular weight excluding hydrogens is 280 g/mol. The number of methoxy groups -OCH3 is 1. The summed E-state index contributed by atoms with van der Waals surface area (Å²) in [7, 11) is 1.62. The molecule has 2 rings (SSSR count). The molecule has 0 bridgehead atoms. The second kappa shape index (κ2) is 6.99. The van der Waals surface area contributed by atoms with E-state index < -0.39 is 5.60 Å². The normalized spacial score (nSPS) is 18.9. The van der Waals surface area contributed by atoms with Crippen LogP contribution < -0.4 is 4.74 Å². The number of amides is 1. The number of rotatable bonds is 3. The second-order valence-corrected chi connectivity index (χ2v) is 6.85. The lowest BCUT2D eigenvalue weighted by Gasteiger charge is -2.34. The molecule has 1 saturated heterocycles. The summed E-state index contributed by atoms with van der Waals surface area (Å²) in [5.41, 5.74) is 0.755. The monoisotopic (exact) mass is 306 g/mol. The number of aromatic nitrogens is 1. The first-order chi connectivity index (χ1) is 10.4. The van der Waals surface area contributed by atoms with Gasteiger partial charge < -0.3 is 14.4 Å². The summed E-state index contributed by atoms with van der Waals surface area (Å²) in [6, 6.07) is 3.97. The lowest BCUT2D eigenvalue weighted by Crippen LogP contribution is -2.43. The van der Waals surface area contributed by atoms with Crippen LogP contribution in [0.5, 0.6) is 5.88 Å². The molecule has 122 valence electrons. The second-order valence-electron chi connectivity index (χ2n) is 6.85. The van der Waals surface area contributed by atoms with Crippen molar-refractivity contribution in [2.24, 2.45) is 5.92 Å². The highest BCUT2D eigenvalue weighted by atomic mass is 16.6. The fourth-order valence-corrected chi connectivity index (χ4v) is 2.75. The molecule has 22 heavy (non-hydrogen) atoms. The molecule has 0 N–H and O–H groups in total. The van der Waals surface area contributed by atoms with E-state index in [2.05, 4.69) is 4.98 Å². The maximum atomic E-state index is 12.2. The van der Waals surface area contributed by atoms with Crippen LogP contribution in [0.4, 0.5) is 4.79 Å². The van der Waals surface area contributed by atoms with Crippen molar-refractivity contribution in [1.82, 2.24) is 9.88 Å². The Bertz CT molecular complexity index is 511. The molecule has 5 heteroatoms. The molecule has 0 saturated carbocycles. The maximum absolute atomic E-state index is 12.2. The van der Waals surface area contributed by atoms with Crippen LogP contribution >= 0.6 is 0 Å². The molecule has 0 radical (unpaired) electrons. The third-order valence-corrected chi connectivity index (χ3v) is 3.70. The molecule has 1 aromatic heterocycles. The van der Waals surface area contributed by atoms with E-state index >= 15 is 0 Å². The molecule has 2 heterocycles. The van der Waals surface area contributed by atoms with Crippen LogP contribution in [0, 0.1) is 5.92 Å². The van der Waals surface area contributed by atoms with Crippen molar-refractivity contribution in [3.05, 3.63) is 23.9 Å². The zero-order valence-electron chi connectivity index (χ0n) is 14.0. The minimum absolute atomic E-state index is 0.204. The third-order valence-electron chi connectivity index (χ3n) is 3.70. The van der Waals surface area contributed by atoms with E-state index in [1.54, 1.807) is 13.3 Å². The van der Waals surface area contributed by atoms with E-state index in [4.69, 9.17) is 9.47 Å². The number of pyridine rings is 1. The van der Waals surface area contributed by atoms with Crippen molar-refractivity contribution >= 4 is 6.09 Å². The number of carbonyl (C=O) groups is 1. The molecule has 1 aliphatic rings. The highest BCUT2D eigenvalue weighted by Crippen LogP contribution is 2.23. The largest absolute Gasteiger partial charge is 0.481 e. The van der Waals surface area contributed by atoms with E-state index in [1.165, 1.54) is 5.56 Å². The quantitative estimate of drug-likeness (QED) is 0.860. The van der Waals surface area contributed by atoms with Crippen molar-refractivity contribution in [3.8, 4) is 5.88 Å².